The number of thiazole rings is 1. The van der Waals surface area contributed by atoms with Crippen LogP contribution < -0.4 is 5.32 Å². The molecular formula is C13H15N5OS. The predicted octanol–water partition coefficient (Wildman–Crippen LogP) is 2.17. The Bertz CT molecular complexity index is 754. The Morgan fingerprint density at radius 2 is 2.40 bits per heavy atom. The molecule has 0 radical (unpaired) electrons. The van der Waals surface area contributed by atoms with Crippen molar-refractivity contribution in [3.05, 3.63) is 34.7 Å². The lowest BCUT2D eigenvalue weighted by atomic mass is 10.3. The zero-order valence-corrected chi connectivity index (χ0v) is 12.1. The third-order valence-corrected chi connectivity index (χ3v) is 3.91. The summed E-state index contributed by atoms with van der Waals surface area (Å²) in [6.45, 7) is 3.97. The van der Waals surface area contributed by atoms with Crippen molar-refractivity contribution in [3.8, 4) is 0 Å². The summed E-state index contributed by atoms with van der Waals surface area (Å²) in [5, 5.41) is 11.7. The highest BCUT2D eigenvalue weighted by Crippen LogP contribution is 2.17. The van der Waals surface area contributed by atoms with E-state index in [2.05, 4.69) is 20.5 Å². The van der Waals surface area contributed by atoms with Crippen molar-refractivity contribution in [1.29, 1.82) is 0 Å². The van der Waals surface area contributed by atoms with E-state index in [1.54, 1.807) is 11.3 Å². The average Bonchev–Trinajstić information content (AvgIpc) is 3.07. The second kappa shape index (κ2) is 5.09. The molecule has 0 aliphatic carbocycles. The first kappa shape index (κ1) is 12.9. The lowest BCUT2D eigenvalue weighted by Gasteiger charge is -2.00. The predicted molar refractivity (Wildman–Crippen MR) is 78.1 cm³/mol. The van der Waals surface area contributed by atoms with Crippen molar-refractivity contribution in [2.45, 2.75) is 26.7 Å². The molecule has 104 valence electrons. The maximum atomic E-state index is 12.0. The summed E-state index contributed by atoms with van der Waals surface area (Å²) < 4.78 is 1.96. The number of fused-ring (bicyclic) bond motifs is 1. The lowest BCUT2D eigenvalue weighted by molar-refractivity contribution is -0.115. The molecule has 3 heterocycles. The fraction of sp³-hybridized carbons (Fsp3) is 0.308. The summed E-state index contributed by atoms with van der Waals surface area (Å²) in [5.41, 5.74) is 2.90. The van der Waals surface area contributed by atoms with Gasteiger partial charge in [-0.2, -0.15) is 5.10 Å². The summed E-state index contributed by atoms with van der Waals surface area (Å²) in [7, 11) is 0. The van der Waals surface area contributed by atoms with Gasteiger partial charge < -0.3 is 5.32 Å². The number of anilines is 1. The number of amides is 1. The first-order chi connectivity index (χ1) is 9.65. The van der Waals surface area contributed by atoms with Gasteiger partial charge in [-0.25, -0.2) is 4.98 Å². The molecular weight excluding hydrogens is 274 g/mol. The van der Waals surface area contributed by atoms with Gasteiger partial charge in [-0.3, -0.25) is 14.3 Å². The van der Waals surface area contributed by atoms with Gasteiger partial charge in [0.15, 0.2) is 10.8 Å². The number of rotatable bonds is 4. The Labute approximate surface area is 119 Å². The average molecular weight is 289 g/mol. The Morgan fingerprint density at radius 1 is 1.55 bits per heavy atom. The molecule has 0 saturated carbocycles. The number of carbonyl (C=O) groups excluding carboxylic acids is 1. The molecule has 0 aromatic carbocycles. The fourth-order valence-corrected chi connectivity index (χ4v) is 2.95. The van der Waals surface area contributed by atoms with Gasteiger partial charge in [0.25, 0.3) is 0 Å². The van der Waals surface area contributed by atoms with Crippen LogP contribution in [0.4, 0.5) is 5.82 Å². The molecule has 0 unspecified atom stereocenters. The van der Waals surface area contributed by atoms with E-state index in [1.807, 2.05) is 35.9 Å². The molecule has 0 aliphatic heterocycles. The number of nitrogens with zero attached hydrogens (tertiary/aromatic N) is 3. The second-order valence-electron chi connectivity index (χ2n) is 4.62. The van der Waals surface area contributed by atoms with Crippen molar-refractivity contribution in [1.82, 2.24) is 19.6 Å². The number of H-pyrrole nitrogens is 1. The minimum Gasteiger partial charge on any atom is -0.309 e. The third kappa shape index (κ3) is 2.44. The zero-order valence-electron chi connectivity index (χ0n) is 11.3. The van der Waals surface area contributed by atoms with E-state index in [9.17, 15) is 4.79 Å². The second-order valence-corrected chi connectivity index (χ2v) is 5.46. The van der Waals surface area contributed by atoms with Gasteiger partial charge in [0, 0.05) is 29.0 Å². The molecule has 6 nitrogen and oxygen atoms in total. The Hall–Kier alpha value is -2.15. The van der Waals surface area contributed by atoms with E-state index < -0.39 is 0 Å². The van der Waals surface area contributed by atoms with E-state index in [-0.39, 0.29) is 5.91 Å². The van der Waals surface area contributed by atoms with E-state index in [0.717, 1.165) is 28.5 Å². The van der Waals surface area contributed by atoms with Crippen LogP contribution >= 0.6 is 11.3 Å². The molecule has 3 rings (SSSR count). The highest BCUT2D eigenvalue weighted by Gasteiger charge is 2.11. The van der Waals surface area contributed by atoms with Crippen molar-refractivity contribution in [3.63, 3.8) is 0 Å². The molecule has 20 heavy (non-hydrogen) atoms. The number of nitrogens with one attached hydrogen (secondary N) is 2. The zero-order chi connectivity index (χ0) is 14.1. The van der Waals surface area contributed by atoms with Crippen LogP contribution in [0.2, 0.25) is 0 Å². The van der Waals surface area contributed by atoms with E-state index in [0.29, 0.717) is 12.2 Å². The first-order valence-corrected chi connectivity index (χ1v) is 7.30. The van der Waals surface area contributed by atoms with Crippen LogP contribution in [-0.4, -0.2) is 25.5 Å². The molecule has 1 amide bonds. The van der Waals surface area contributed by atoms with E-state index >= 15 is 0 Å². The Balaban J connectivity index is 1.72. The molecule has 3 aromatic rings. The largest absolute Gasteiger partial charge is 0.309 e. The maximum absolute atomic E-state index is 12.0. The Morgan fingerprint density at radius 3 is 3.15 bits per heavy atom. The minimum atomic E-state index is -0.0785. The number of aromatic amines is 1. The molecule has 7 heteroatoms. The molecule has 0 spiro atoms. The van der Waals surface area contributed by atoms with Gasteiger partial charge >= 0.3 is 0 Å². The third-order valence-electron chi connectivity index (χ3n) is 3.02. The smallest absolute Gasteiger partial charge is 0.231 e. The standard InChI is InChI=1S/C13H15N5OS/c1-3-9-4-11(17-16-9)15-12(19)5-10-7-20-13-14-8(2)6-18(10)13/h4,6-7H,3,5H2,1-2H3,(H2,15,16,17,19). The van der Waals surface area contributed by atoms with Gasteiger partial charge in [0.05, 0.1) is 12.1 Å². The normalized spacial score (nSPS) is 11.1. The van der Waals surface area contributed by atoms with E-state index in [4.69, 9.17) is 0 Å². The maximum Gasteiger partial charge on any atom is 0.231 e. The first-order valence-electron chi connectivity index (χ1n) is 6.42. The fourth-order valence-electron chi connectivity index (χ4n) is 2.03. The summed E-state index contributed by atoms with van der Waals surface area (Å²) in [6.07, 6.45) is 3.12. The van der Waals surface area contributed by atoms with Crippen LogP contribution in [0.25, 0.3) is 4.96 Å². The SMILES string of the molecule is CCc1cc(NC(=O)Cc2csc3nc(C)cn23)n[nH]1. The molecule has 0 fully saturated rings. The summed E-state index contributed by atoms with van der Waals surface area (Å²) >= 11 is 1.54. The summed E-state index contributed by atoms with van der Waals surface area (Å²) in [5.74, 6) is 0.491. The highest BCUT2D eigenvalue weighted by molar-refractivity contribution is 7.15. The van der Waals surface area contributed by atoms with Crippen LogP contribution in [-0.2, 0) is 17.6 Å². The van der Waals surface area contributed by atoms with Crippen LogP contribution in [0.1, 0.15) is 24.0 Å². The van der Waals surface area contributed by atoms with Crippen molar-refractivity contribution in [2.24, 2.45) is 0 Å². The number of aromatic nitrogens is 4. The minimum absolute atomic E-state index is 0.0785. The number of aryl methyl sites for hydroxylation is 2. The summed E-state index contributed by atoms with van der Waals surface area (Å²) in [4.78, 5) is 17.3. The van der Waals surface area contributed by atoms with Crippen LogP contribution in [0.5, 0.6) is 0 Å². The molecule has 2 N–H and O–H groups in total. The number of imidazole rings is 1. The van der Waals surface area contributed by atoms with Gasteiger partial charge in [-0.05, 0) is 13.3 Å². The van der Waals surface area contributed by atoms with Gasteiger partial charge in [0.2, 0.25) is 5.91 Å². The number of hydrogen-bond acceptors (Lipinski definition) is 4. The number of hydrogen-bond donors (Lipinski definition) is 2. The number of carbonyl (C=O) groups is 1. The van der Waals surface area contributed by atoms with Gasteiger partial charge in [-0.1, -0.05) is 6.92 Å². The van der Waals surface area contributed by atoms with Crippen LogP contribution in [0.15, 0.2) is 17.6 Å². The van der Waals surface area contributed by atoms with Crippen molar-refractivity contribution >= 4 is 28.0 Å². The van der Waals surface area contributed by atoms with Gasteiger partial charge in [-0.15, -0.1) is 11.3 Å². The monoisotopic (exact) mass is 289 g/mol. The van der Waals surface area contributed by atoms with Crippen LogP contribution in [0, 0.1) is 6.92 Å². The quantitative estimate of drug-likeness (QED) is 0.773. The summed E-state index contributed by atoms with van der Waals surface area (Å²) in [6, 6.07) is 1.85. The molecule has 0 bridgehead atoms. The topological polar surface area (TPSA) is 75.1 Å². The lowest BCUT2D eigenvalue weighted by Crippen LogP contribution is -2.15. The van der Waals surface area contributed by atoms with Crippen molar-refractivity contribution in [2.75, 3.05) is 5.32 Å². The molecule has 0 saturated heterocycles. The van der Waals surface area contributed by atoms with Crippen LogP contribution in [0.3, 0.4) is 0 Å². The molecule has 3 aromatic heterocycles. The molecule has 0 aliphatic rings. The van der Waals surface area contributed by atoms with Crippen molar-refractivity contribution < 1.29 is 4.79 Å². The highest BCUT2D eigenvalue weighted by atomic mass is 32.1. The Kier molecular flexibility index (Phi) is 3.27. The molecule has 0 atom stereocenters. The van der Waals surface area contributed by atoms with Gasteiger partial charge in [0.1, 0.15) is 0 Å². The van der Waals surface area contributed by atoms with E-state index in [1.165, 1.54) is 0 Å².